The molecule has 4 saturated heterocycles. The Morgan fingerprint density at radius 3 is 1.25 bits per heavy atom. The van der Waals surface area contributed by atoms with Crippen LogP contribution in [0.3, 0.4) is 0 Å². The Morgan fingerprint density at radius 2 is 0.859 bits per heavy atom. The van der Waals surface area contributed by atoms with Crippen LogP contribution in [0.2, 0.25) is 0 Å². The van der Waals surface area contributed by atoms with Crippen molar-refractivity contribution in [1.29, 1.82) is 0 Å². The molecule has 0 N–H and O–H groups in total. The lowest BCUT2D eigenvalue weighted by Crippen LogP contribution is -2.67. The van der Waals surface area contributed by atoms with E-state index in [-0.39, 0.29) is 25.0 Å². The molecule has 10 radical (unpaired) electrons. The van der Waals surface area contributed by atoms with Crippen molar-refractivity contribution in [3.05, 3.63) is 207 Å². The SMILES string of the molecule is O=C1[C@@H](N2C(=O)OC[C@@H]2c2ccccc2)[C@@H](c2ccc(-c3cn(C[C]4[CH][CH][CH][CH]4)nn3)cc2)N1CCCN1C(=O)[C@@H](N2C(=O)OC[C@@H]2c2ccccc2)[C@H]1c1ccc(-c2cn(C[C]3[CH][CH][CH][CH]3)nn2)cc1. The molecule has 6 aliphatic rings. The molecule has 12 rings (SSSR count). The summed E-state index contributed by atoms with van der Waals surface area (Å²) in [5.41, 5.74) is 6.60. The molecule has 16 nitrogen and oxygen atoms in total. The van der Waals surface area contributed by atoms with Crippen molar-refractivity contribution in [2.75, 3.05) is 26.3 Å². The molecule has 6 aromatic rings. The summed E-state index contributed by atoms with van der Waals surface area (Å²) in [6, 6.07) is 31.5. The van der Waals surface area contributed by atoms with Gasteiger partial charge in [-0.15, -0.1) is 10.2 Å². The highest BCUT2D eigenvalue weighted by Crippen LogP contribution is 2.47. The number of nitrogens with zero attached hydrogens (tertiary/aromatic N) is 10. The number of hydrogen-bond donors (Lipinski definition) is 0. The summed E-state index contributed by atoms with van der Waals surface area (Å²) in [6.45, 7) is 2.06. The van der Waals surface area contributed by atoms with E-state index in [4.69, 9.17) is 9.47 Å². The third kappa shape index (κ3) is 8.50. The van der Waals surface area contributed by atoms with Gasteiger partial charge in [0.1, 0.15) is 36.7 Å². The molecular weight excluding hydrogens is 897 g/mol. The van der Waals surface area contributed by atoms with E-state index < -0.39 is 48.4 Å². The van der Waals surface area contributed by atoms with Crippen molar-refractivity contribution in [3.63, 3.8) is 0 Å². The molecule has 2 aliphatic carbocycles. The number of β-lactam (4-membered cyclic amide) rings is 2. The highest BCUT2D eigenvalue weighted by Gasteiger charge is 2.58. The van der Waals surface area contributed by atoms with Crippen LogP contribution in [-0.4, -0.2) is 112 Å². The summed E-state index contributed by atoms with van der Waals surface area (Å²) in [6.07, 6.45) is 19.3. The summed E-state index contributed by atoms with van der Waals surface area (Å²) in [5, 5.41) is 17.6. The van der Waals surface area contributed by atoms with Crippen LogP contribution in [0.25, 0.3) is 22.5 Å². The molecule has 16 heteroatoms. The number of aromatic nitrogens is 6. The molecule has 4 aromatic carbocycles. The number of cyclic esters (lactones) is 2. The first-order chi connectivity index (χ1) is 34.9. The van der Waals surface area contributed by atoms with E-state index in [0.29, 0.717) is 44.0 Å². The van der Waals surface area contributed by atoms with Gasteiger partial charge in [-0.2, -0.15) is 0 Å². The number of ether oxygens (including phenoxy) is 2. The van der Waals surface area contributed by atoms with Gasteiger partial charge in [-0.25, -0.2) is 9.59 Å². The predicted molar refractivity (Wildman–Crippen MR) is 258 cm³/mol. The molecule has 4 aliphatic heterocycles. The number of carbonyl (C=O) groups excluding carboxylic acids is 4. The van der Waals surface area contributed by atoms with Gasteiger partial charge < -0.3 is 19.3 Å². The van der Waals surface area contributed by atoms with Crippen LogP contribution in [0.1, 0.15) is 52.8 Å². The van der Waals surface area contributed by atoms with E-state index in [2.05, 4.69) is 20.6 Å². The van der Waals surface area contributed by atoms with Crippen molar-refractivity contribution in [3.8, 4) is 22.5 Å². The van der Waals surface area contributed by atoms with Crippen LogP contribution < -0.4 is 0 Å². The summed E-state index contributed by atoms with van der Waals surface area (Å²) in [5.74, 6) is 1.86. The molecule has 354 valence electrons. The minimum atomic E-state index is -0.819. The van der Waals surface area contributed by atoms with Gasteiger partial charge >= 0.3 is 12.2 Å². The van der Waals surface area contributed by atoms with Crippen molar-refractivity contribution >= 4 is 24.0 Å². The fraction of sp³-hybridized carbons (Fsp3) is 0.236. The van der Waals surface area contributed by atoms with Gasteiger partial charge in [0.25, 0.3) is 0 Å². The van der Waals surface area contributed by atoms with Crippen molar-refractivity contribution in [1.82, 2.24) is 49.6 Å². The quantitative estimate of drug-likeness (QED) is 0.0925. The van der Waals surface area contributed by atoms with Gasteiger partial charge in [0.2, 0.25) is 11.8 Å². The first-order valence-corrected chi connectivity index (χ1v) is 23.9. The lowest BCUT2D eigenvalue weighted by atomic mass is 9.84. The number of benzene rings is 4. The average Bonchev–Trinajstić information content (AvgIpc) is 4.29. The standard InChI is InChI=1S/C55H48N10O6/c66-52-50(64-46(34-70-54(64)68)40-16-3-1-4-17-40)48(42-24-20-38(21-25-42)44-32-60(58-56-44)30-36-12-7-8-13-36)62(52)28-11-29-63-49(51(53(63)67)65-47(35-71-55(65)69)41-18-5-2-6-19-41)43-26-22-39(23-27-43)45-33-61(59-57-45)31-37-14-9-10-15-37/h1-10,12-27,32-33,46-51H,11,28-31,34-35H2/t46-,47-,48-,49-,50+,51+/m1/s1. The second kappa shape index (κ2) is 19.1. The first-order valence-electron chi connectivity index (χ1n) is 23.9. The van der Waals surface area contributed by atoms with Gasteiger partial charge in [0, 0.05) is 49.1 Å². The highest BCUT2D eigenvalue weighted by molar-refractivity contribution is 5.94. The number of hydrogen-bond acceptors (Lipinski definition) is 10. The number of rotatable bonds is 16. The lowest BCUT2D eigenvalue weighted by Gasteiger charge is -2.53. The number of amides is 4. The molecule has 6 fully saturated rings. The van der Waals surface area contributed by atoms with E-state index in [1.807, 2.05) is 173 Å². The Labute approximate surface area is 412 Å². The topological polar surface area (TPSA) is 161 Å². The molecule has 2 aromatic heterocycles. The van der Waals surface area contributed by atoms with Crippen LogP contribution >= 0.6 is 0 Å². The fourth-order valence-electron chi connectivity index (χ4n) is 10.7. The zero-order valence-corrected chi connectivity index (χ0v) is 38.5. The molecule has 6 atom stereocenters. The molecule has 0 spiro atoms. The van der Waals surface area contributed by atoms with E-state index in [1.54, 1.807) is 29.0 Å². The second-order valence-corrected chi connectivity index (χ2v) is 18.5. The van der Waals surface area contributed by atoms with E-state index in [9.17, 15) is 19.2 Å². The summed E-state index contributed by atoms with van der Waals surface area (Å²) >= 11 is 0. The maximum Gasteiger partial charge on any atom is 0.411 e. The third-order valence-corrected chi connectivity index (χ3v) is 14.3. The maximum atomic E-state index is 14.6. The Kier molecular flexibility index (Phi) is 12.1. The van der Waals surface area contributed by atoms with Gasteiger partial charge in [-0.3, -0.25) is 28.8 Å². The molecular formula is C55H48N10O6. The Balaban J connectivity index is 0.803. The van der Waals surface area contributed by atoms with Crippen molar-refractivity contribution in [2.24, 2.45) is 0 Å². The third-order valence-electron chi connectivity index (χ3n) is 14.3. The van der Waals surface area contributed by atoms with Crippen molar-refractivity contribution in [2.45, 2.75) is 55.8 Å². The largest absolute Gasteiger partial charge is 0.447 e. The predicted octanol–water partition coefficient (Wildman–Crippen LogP) is 7.00. The molecule has 2 saturated carbocycles. The van der Waals surface area contributed by atoms with Crippen LogP contribution in [0, 0.1) is 63.2 Å². The number of carbonyl (C=O) groups is 4. The van der Waals surface area contributed by atoms with E-state index >= 15 is 0 Å². The van der Waals surface area contributed by atoms with Crippen LogP contribution in [0.5, 0.6) is 0 Å². The minimum Gasteiger partial charge on any atom is -0.447 e. The summed E-state index contributed by atoms with van der Waals surface area (Å²) in [4.78, 5) is 63.1. The summed E-state index contributed by atoms with van der Waals surface area (Å²) < 4.78 is 14.9. The highest BCUT2D eigenvalue weighted by atomic mass is 16.6. The van der Waals surface area contributed by atoms with Gasteiger partial charge in [-0.1, -0.05) is 120 Å². The minimum absolute atomic E-state index is 0.129. The fourth-order valence-corrected chi connectivity index (χ4v) is 10.7. The van der Waals surface area contributed by atoms with Gasteiger partial charge in [0.15, 0.2) is 0 Å². The van der Waals surface area contributed by atoms with Crippen LogP contribution in [0.4, 0.5) is 9.59 Å². The number of likely N-dealkylation sites (tertiary alicyclic amines) is 2. The van der Waals surface area contributed by atoms with Crippen molar-refractivity contribution < 1.29 is 28.7 Å². The van der Waals surface area contributed by atoms with Crippen LogP contribution in [-0.2, 0) is 32.2 Å². The first kappa shape index (κ1) is 44.8. The Morgan fingerprint density at radius 1 is 0.465 bits per heavy atom. The van der Waals surface area contributed by atoms with E-state index in [1.165, 1.54) is 0 Å². The van der Waals surface area contributed by atoms with Gasteiger partial charge in [0.05, 0.1) is 36.6 Å². The van der Waals surface area contributed by atoms with Crippen LogP contribution in [0.15, 0.2) is 122 Å². The smallest absolute Gasteiger partial charge is 0.411 e. The van der Waals surface area contributed by atoms with E-state index in [0.717, 1.165) is 45.2 Å². The maximum absolute atomic E-state index is 14.6. The zero-order valence-electron chi connectivity index (χ0n) is 38.5. The monoisotopic (exact) mass is 944 g/mol. The normalized spacial score (nSPS) is 24.7. The average molecular weight is 945 g/mol. The molecule has 6 heterocycles. The molecule has 0 bridgehead atoms. The van der Waals surface area contributed by atoms with Gasteiger partial charge in [-0.05, 0) is 80.0 Å². The molecule has 71 heavy (non-hydrogen) atoms. The zero-order chi connectivity index (χ0) is 48.0. The lowest BCUT2D eigenvalue weighted by molar-refractivity contribution is -0.161. The molecule has 4 amide bonds. The summed E-state index contributed by atoms with van der Waals surface area (Å²) in [7, 11) is 0. The molecule has 0 unspecified atom stereocenters. The second-order valence-electron chi connectivity index (χ2n) is 18.5. The Hall–Kier alpha value is -7.36. The Bertz CT molecular complexity index is 2680.